The first kappa shape index (κ1) is 31.3. The zero-order valence-electron chi connectivity index (χ0n) is 26.6. The van der Waals surface area contributed by atoms with Crippen LogP contribution in [-0.2, 0) is 22.9 Å². The molecule has 7 nitrogen and oxygen atoms in total. The second-order valence-corrected chi connectivity index (χ2v) is 17.2. The summed E-state index contributed by atoms with van der Waals surface area (Å²) < 4.78 is 27.9. The van der Waals surface area contributed by atoms with Gasteiger partial charge in [-0.2, -0.15) is 0 Å². The molecule has 0 heterocycles. The van der Waals surface area contributed by atoms with Crippen LogP contribution in [0, 0.1) is 52.3 Å². The number of hydrogen-bond acceptors (Lipinski definition) is 5. The van der Waals surface area contributed by atoms with E-state index in [1.165, 1.54) is 12.0 Å². The number of carbonyl (C=O) groups excluding carboxylic acids is 1. The minimum atomic E-state index is -3.91. The Labute approximate surface area is 259 Å². The van der Waals surface area contributed by atoms with E-state index in [0.29, 0.717) is 42.1 Å². The highest BCUT2D eigenvalue weighted by Crippen LogP contribution is 2.69. The summed E-state index contributed by atoms with van der Waals surface area (Å²) in [6.45, 7) is 9.89. The number of urea groups is 1. The van der Waals surface area contributed by atoms with E-state index in [1.54, 1.807) is 12.1 Å². The molecular weight excluding hydrogens is 560 g/mol. The van der Waals surface area contributed by atoms with Gasteiger partial charge in [-0.25, -0.2) is 17.9 Å². The Morgan fingerprint density at radius 3 is 2.49 bits per heavy atom. The highest BCUT2D eigenvalue weighted by atomic mass is 32.2. The van der Waals surface area contributed by atoms with Crippen molar-refractivity contribution in [2.24, 2.45) is 52.3 Å². The van der Waals surface area contributed by atoms with E-state index in [4.69, 9.17) is 0 Å². The van der Waals surface area contributed by atoms with E-state index in [2.05, 4.69) is 37.7 Å². The van der Waals surface area contributed by atoms with E-state index in [1.807, 2.05) is 6.07 Å². The first-order valence-electron chi connectivity index (χ1n) is 17.2. The fraction of sp³-hybridized carbons (Fsp3) is 0.800. The summed E-state index contributed by atoms with van der Waals surface area (Å²) in [7, 11) is -3.91. The standard InChI is InChI=1S/C35H54N2O5S/c1-5-26-30-20-24(38)13-16-35(30,4)29-14-17-34(3)27(11-12-28(34)31(29)32(26)39)21(2)15-18-36-33(40)37-43(41,42)25-10-9-22-7-6-8-23(22)19-25/h9-10,19,21,24,26-32,38-39H,5-8,11-18,20H2,1-4H3,(H2,36,37,40)/t21-,24-,26-,27-,28+,29+,30+,31+,32-,34-,35-/m1/s1. The van der Waals surface area contributed by atoms with Gasteiger partial charge in [-0.15, -0.1) is 0 Å². The lowest BCUT2D eigenvalue weighted by atomic mass is 9.41. The van der Waals surface area contributed by atoms with Crippen LogP contribution < -0.4 is 10.0 Å². The van der Waals surface area contributed by atoms with Crippen LogP contribution in [0.4, 0.5) is 4.79 Å². The summed E-state index contributed by atoms with van der Waals surface area (Å²) in [6.07, 6.45) is 11.6. The van der Waals surface area contributed by atoms with Crippen LogP contribution in [0.5, 0.6) is 0 Å². The van der Waals surface area contributed by atoms with Gasteiger partial charge in [-0.05, 0) is 146 Å². The molecule has 240 valence electrons. The average Bonchev–Trinajstić information content (AvgIpc) is 3.57. The molecule has 43 heavy (non-hydrogen) atoms. The Bertz CT molecular complexity index is 1320. The van der Waals surface area contributed by atoms with Gasteiger partial charge in [-0.1, -0.05) is 40.2 Å². The molecule has 2 amide bonds. The van der Waals surface area contributed by atoms with Crippen LogP contribution in [0.3, 0.4) is 0 Å². The Kier molecular flexibility index (Phi) is 8.47. The van der Waals surface area contributed by atoms with Crippen molar-refractivity contribution in [3.8, 4) is 0 Å². The first-order valence-corrected chi connectivity index (χ1v) is 18.7. The van der Waals surface area contributed by atoms with E-state index >= 15 is 0 Å². The number of sulfonamides is 1. The third-order valence-corrected chi connectivity index (χ3v) is 15.0. The molecule has 5 aliphatic carbocycles. The minimum Gasteiger partial charge on any atom is -0.393 e. The molecule has 0 unspecified atom stereocenters. The number of aliphatic hydroxyl groups excluding tert-OH is 2. The van der Waals surface area contributed by atoms with Gasteiger partial charge >= 0.3 is 6.03 Å². The van der Waals surface area contributed by atoms with Gasteiger partial charge in [0.25, 0.3) is 10.0 Å². The van der Waals surface area contributed by atoms with Gasteiger partial charge in [-0.3, -0.25) is 0 Å². The SMILES string of the molecule is CC[C@H]1[C@@H](O)[C@@H]2[C@H](CC[C@]3(C)[C@@H]([C@H](C)CCNC(=O)NS(=O)(=O)c4ccc5c(c4)CCC5)CC[C@@H]23)[C@@]2(C)CC[C@@H](O)C[C@@H]12. The normalized spacial score (nSPS) is 41.0. The van der Waals surface area contributed by atoms with Crippen molar-refractivity contribution in [1.82, 2.24) is 10.0 Å². The van der Waals surface area contributed by atoms with Crippen molar-refractivity contribution < 1.29 is 23.4 Å². The van der Waals surface area contributed by atoms with Crippen molar-refractivity contribution in [3.63, 3.8) is 0 Å². The first-order chi connectivity index (χ1) is 20.4. The summed E-state index contributed by atoms with van der Waals surface area (Å²) in [5, 5.41) is 25.3. The van der Waals surface area contributed by atoms with E-state index in [0.717, 1.165) is 76.2 Å². The number of benzene rings is 1. The molecule has 0 bridgehead atoms. The number of hydrogen-bond donors (Lipinski definition) is 4. The number of amides is 2. The summed E-state index contributed by atoms with van der Waals surface area (Å²) in [5.74, 6) is 2.91. The molecule has 0 saturated heterocycles. The van der Waals surface area contributed by atoms with Gasteiger partial charge in [0.05, 0.1) is 17.1 Å². The fourth-order valence-corrected chi connectivity index (χ4v) is 12.5. The summed E-state index contributed by atoms with van der Waals surface area (Å²) >= 11 is 0. The van der Waals surface area contributed by atoms with Crippen LogP contribution >= 0.6 is 0 Å². The van der Waals surface area contributed by atoms with Crippen LogP contribution in [0.1, 0.15) is 103 Å². The molecule has 5 aliphatic rings. The molecule has 1 aromatic carbocycles. The number of fused-ring (bicyclic) bond motifs is 6. The molecule has 4 N–H and O–H groups in total. The lowest BCUT2D eigenvalue weighted by Gasteiger charge is -2.64. The zero-order chi connectivity index (χ0) is 30.7. The Morgan fingerprint density at radius 1 is 1.00 bits per heavy atom. The molecule has 11 atom stereocenters. The Morgan fingerprint density at radius 2 is 1.72 bits per heavy atom. The molecule has 4 fully saturated rings. The molecule has 8 heteroatoms. The zero-order valence-corrected chi connectivity index (χ0v) is 27.5. The van der Waals surface area contributed by atoms with E-state index in [-0.39, 0.29) is 33.9 Å². The van der Waals surface area contributed by atoms with Crippen LogP contribution in [-0.4, -0.2) is 43.4 Å². The van der Waals surface area contributed by atoms with Gasteiger partial charge in [0.2, 0.25) is 0 Å². The molecule has 1 aromatic rings. The third-order valence-electron chi connectivity index (χ3n) is 13.6. The third kappa shape index (κ3) is 5.35. The lowest BCUT2D eigenvalue weighted by Crippen LogP contribution is -2.62. The predicted molar refractivity (Wildman–Crippen MR) is 168 cm³/mol. The van der Waals surface area contributed by atoms with Gasteiger partial charge in [0.1, 0.15) is 0 Å². The number of aliphatic hydroxyl groups is 2. The van der Waals surface area contributed by atoms with Crippen LogP contribution in [0.2, 0.25) is 0 Å². The van der Waals surface area contributed by atoms with Crippen molar-refractivity contribution in [2.45, 2.75) is 122 Å². The minimum absolute atomic E-state index is 0.150. The maximum atomic E-state index is 12.9. The lowest BCUT2D eigenvalue weighted by molar-refractivity contribution is -0.203. The number of rotatable bonds is 7. The van der Waals surface area contributed by atoms with Crippen molar-refractivity contribution in [2.75, 3.05) is 6.54 Å². The van der Waals surface area contributed by atoms with Crippen LogP contribution in [0.25, 0.3) is 0 Å². The maximum Gasteiger partial charge on any atom is 0.328 e. The quantitative estimate of drug-likeness (QED) is 0.309. The number of aryl methyl sites for hydroxylation is 2. The van der Waals surface area contributed by atoms with Gasteiger partial charge in [0, 0.05) is 6.54 Å². The molecule has 0 aromatic heterocycles. The maximum absolute atomic E-state index is 12.9. The Balaban J connectivity index is 1.07. The second kappa shape index (κ2) is 11.6. The average molecular weight is 615 g/mol. The summed E-state index contributed by atoms with van der Waals surface area (Å²) in [5.41, 5.74) is 2.62. The van der Waals surface area contributed by atoms with E-state index in [9.17, 15) is 23.4 Å². The van der Waals surface area contributed by atoms with Crippen LogP contribution in [0.15, 0.2) is 23.1 Å². The highest BCUT2D eigenvalue weighted by Gasteiger charge is 2.64. The topological polar surface area (TPSA) is 116 Å². The molecule has 0 aliphatic heterocycles. The van der Waals surface area contributed by atoms with E-state index < -0.39 is 16.1 Å². The number of carbonyl (C=O) groups is 1. The molecule has 4 saturated carbocycles. The second-order valence-electron chi connectivity index (χ2n) is 15.5. The summed E-state index contributed by atoms with van der Waals surface area (Å²) in [6, 6.07) is 4.50. The fourth-order valence-electron chi connectivity index (χ4n) is 11.5. The number of nitrogens with one attached hydrogen (secondary N) is 2. The molecule has 6 rings (SSSR count). The summed E-state index contributed by atoms with van der Waals surface area (Å²) in [4.78, 5) is 12.8. The monoisotopic (exact) mass is 614 g/mol. The predicted octanol–water partition coefficient (Wildman–Crippen LogP) is 5.82. The van der Waals surface area contributed by atoms with Crippen molar-refractivity contribution in [3.05, 3.63) is 29.3 Å². The largest absolute Gasteiger partial charge is 0.393 e. The van der Waals surface area contributed by atoms with Crippen molar-refractivity contribution in [1.29, 1.82) is 0 Å². The van der Waals surface area contributed by atoms with Gasteiger partial charge < -0.3 is 15.5 Å². The molecule has 0 radical (unpaired) electrons. The smallest absolute Gasteiger partial charge is 0.328 e. The Hall–Kier alpha value is -1.64. The highest BCUT2D eigenvalue weighted by molar-refractivity contribution is 7.90. The van der Waals surface area contributed by atoms with Gasteiger partial charge in [0.15, 0.2) is 0 Å². The van der Waals surface area contributed by atoms with Crippen molar-refractivity contribution >= 4 is 16.1 Å². The molecular formula is C35H54N2O5S. The molecule has 0 spiro atoms.